The van der Waals surface area contributed by atoms with Crippen LogP contribution >= 0.6 is 11.8 Å². The molecule has 116 valence electrons. The molecular weight excluding hydrogens is 296 g/mol. The molecule has 21 heavy (non-hydrogen) atoms. The molecule has 2 N–H and O–H groups in total. The third-order valence-corrected chi connectivity index (χ3v) is 4.48. The first kappa shape index (κ1) is 15.8. The van der Waals surface area contributed by atoms with E-state index in [1.165, 1.54) is 16.7 Å². The number of hydrogen-bond donors (Lipinski definition) is 2. The van der Waals surface area contributed by atoms with Gasteiger partial charge in [-0.3, -0.25) is 4.79 Å². The molecule has 0 unspecified atom stereocenters. The summed E-state index contributed by atoms with van der Waals surface area (Å²) in [5, 5.41) is 22.4. The number of nitrogens with zero attached hydrogens (tertiary/aromatic N) is 2. The summed E-state index contributed by atoms with van der Waals surface area (Å²) in [6.45, 7) is 3.74. The van der Waals surface area contributed by atoms with Crippen molar-refractivity contribution in [1.29, 1.82) is 0 Å². The SMILES string of the molecule is Cc1noc(C)c1CSCC(=O)N1C[C@H](O)C[C@@H]1C(=O)O. The zero-order valence-corrected chi connectivity index (χ0v) is 12.7. The van der Waals surface area contributed by atoms with Crippen molar-refractivity contribution in [3.63, 3.8) is 0 Å². The summed E-state index contributed by atoms with van der Waals surface area (Å²) in [7, 11) is 0. The average Bonchev–Trinajstić information content (AvgIpc) is 2.95. The summed E-state index contributed by atoms with van der Waals surface area (Å²) < 4.78 is 5.05. The van der Waals surface area contributed by atoms with Crippen molar-refractivity contribution in [1.82, 2.24) is 10.1 Å². The highest BCUT2D eigenvalue weighted by atomic mass is 32.2. The van der Waals surface area contributed by atoms with Gasteiger partial charge >= 0.3 is 5.97 Å². The zero-order valence-electron chi connectivity index (χ0n) is 11.9. The summed E-state index contributed by atoms with van der Waals surface area (Å²) >= 11 is 1.38. The smallest absolute Gasteiger partial charge is 0.326 e. The van der Waals surface area contributed by atoms with Gasteiger partial charge < -0.3 is 19.6 Å². The summed E-state index contributed by atoms with van der Waals surface area (Å²) in [5.74, 6) is 0.139. The van der Waals surface area contributed by atoms with Crippen molar-refractivity contribution < 1.29 is 24.3 Å². The van der Waals surface area contributed by atoms with E-state index >= 15 is 0 Å². The van der Waals surface area contributed by atoms with E-state index < -0.39 is 18.1 Å². The molecular formula is C13H18N2O5S. The molecule has 0 aromatic carbocycles. The number of carboxylic acid groups (broad SMARTS) is 1. The number of aromatic nitrogens is 1. The van der Waals surface area contributed by atoms with Crippen molar-refractivity contribution in [3.8, 4) is 0 Å². The number of likely N-dealkylation sites (tertiary alicyclic amines) is 1. The van der Waals surface area contributed by atoms with E-state index in [0.717, 1.165) is 17.0 Å². The molecule has 0 saturated carbocycles. The maximum absolute atomic E-state index is 12.1. The number of carboxylic acids is 1. The van der Waals surface area contributed by atoms with Gasteiger partial charge in [-0.1, -0.05) is 5.16 Å². The van der Waals surface area contributed by atoms with Crippen molar-refractivity contribution >= 4 is 23.6 Å². The average molecular weight is 314 g/mol. The Hall–Kier alpha value is -1.54. The molecule has 1 aliphatic rings. The Morgan fingerprint density at radius 1 is 1.48 bits per heavy atom. The van der Waals surface area contributed by atoms with Gasteiger partial charge in [0.05, 0.1) is 17.6 Å². The van der Waals surface area contributed by atoms with Crippen molar-refractivity contribution in [2.45, 2.75) is 38.2 Å². The second kappa shape index (κ2) is 6.48. The Morgan fingerprint density at radius 2 is 2.19 bits per heavy atom. The van der Waals surface area contributed by atoms with Crippen LogP contribution in [0.3, 0.4) is 0 Å². The van der Waals surface area contributed by atoms with Gasteiger partial charge in [-0.2, -0.15) is 0 Å². The summed E-state index contributed by atoms with van der Waals surface area (Å²) in [4.78, 5) is 24.4. The molecule has 1 aliphatic heterocycles. The quantitative estimate of drug-likeness (QED) is 0.818. The second-order valence-electron chi connectivity index (χ2n) is 5.09. The number of hydrogen-bond acceptors (Lipinski definition) is 6. The first-order valence-corrected chi connectivity index (χ1v) is 7.75. The minimum Gasteiger partial charge on any atom is -0.480 e. The number of aryl methyl sites for hydroxylation is 2. The molecule has 1 aromatic rings. The van der Waals surface area contributed by atoms with E-state index in [-0.39, 0.29) is 24.6 Å². The van der Waals surface area contributed by atoms with Crippen molar-refractivity contribution in [2.75, 3.05) is 12.3 Å². The van der Waals surface area contributed by atoms with Crippen molar-refractivity contribution in [3.05, 3.63) is 17.0 Å². The third-order valence-electron chi connectivity index (χ3n) is 3.54. The van der Waals surface area contributed by atoms with Gasteiger partial charge in [0.25, 0.3) is 0 Å². The van der Waals surface area contributed by atoms with E-state index in [0.29, 0.717) is 5.75 Å². The van der Waals surface area contributed by atoms with Crippen LogP contribution in [0.1, 0.15) is 23.4 Å². The van der Waals surface area contributed by atoms with E-state index in [9.17, 15) is 14.7 Å². The number of rotatable bonds is 5. The van der Waals surface area contributed by atoms with E-state index in [4.69, 9.17) is 9.63 Å². The Balaban J connectivity index is 1.88. The van der Waals surface area contributed by atoms with Gasteiger partial charge in [0.2, 0.25) is 5.91 Å². The predicted octanol–water partition coefficient (Wildman–Crippen LogP) is 0.571. The van der Waals surface area contributed by atoms with Gasteiger partial charge in [-0.15, -0.1) is 11.8 Å². The lowest BCUT2D eigenvalue weighted by Gasteiger charge is -2.20. The molecule has 2 heterocycles. The van der Waals surface area contributed by atoms with Crippen LogP contribution in [-0.2, 0) is 15.3 Å². The van der Waals surface area contributed by atoms with Gasteiger partial charge in [0, 0.05) is 24.3 Å². The maximum Gasteiger partial charge on any atom is 0.326 e. The number of carbonyl (C=O) groups is 2. The molecule has 2 rings (SSSR count). The number of amides is 1. The number of carbonyl (C=O) groups excluding carboxylic acids is 1. The fourth-order valence-electron chi connectivity index (χ4n) is 2.35. The highest BCUT2D eigenvalue weighted by Gasteiger charge is 2.38. The minimum absolute atomic E-state index is 0.0850. The number of β-amino-alcohol motifs (C(OH)–C–C–N with tert-alkyl or cyclic N) is 1. The molecule has 7 nitrogen and oxygen atoms in total. The Labute approximate surface area is 126 Å². The van der Waals surface area contributed by atoms with Crippen molar-refractivity contribution in [2.24, 2.45) is 0 Å². The van der Waals surface area contributed by atoms with E-state index in [1.54, 1.807) is 0 Å². The molecule has 0 aliphatic carbocycles. The van der Waals surface area contributed by atoms with Crippen LogP contribution in [0, 0.1) is 13.8 Å². The first-order valence-electron chi connectivity index (χ1n) is 6.60. The first-order chi connectivity index (χ1) is 9.90. The topological polar surface area (TPSA) is 104 Å². The number of thioether (sulfide) groups is 1. The fourth-order valence-corrected chi connectivity index (χ4v) is 3.41. The largest absolute Gasteiger partial charge is 0.480 e. The number of aliphatic hydroxyl groups is 1. The summed E-state index contributed by atoms with van der Waals surface area (Å²) in [6.07, 6.45) is -0.669. The van der Waals surface area contributed by atoms with Gasteiger partial charge in [0.15, 0.2) is 0 Å². The summed E-state index contributed by atoms with van der Waals surface area (Å²) in [6, 6.07) is -0.924. The Morgan fingerprint density at radius 3 is 2.76 bits per heavy atom. The third kappa shape index (κ3) is 3.56. The lowest BCUT2D eigenvalue weighted by Crippen LogP contribution is -2.41. The van der Waals surface area contributed by atoms with Gasteiger partial charge in [-0.05, 0) is 13.8 Å². The lowest BCUT2D eigenvalue weighted by molar-refractivity contribution is -0.147. The molecule has 0 bridgehead atoms. The maximum atomic E-state index is 12.1. The fraction of sp³-hybridized carbons (Fsp3) is 0.615. The van der Waals surface area contributed by atoms with Crippen LogP contribution in [0.25, 0.3) is 0 Å². The number of aliphatic hydroxyl groups excluding tert-OH is 1. The normalized spacial score (nSPS) is 21.8. The van der Waals surface area contributed by atoms with Crippen LogP contribution < -0.4 is 0 Å². The minimum atomic E-state index is -1.07. The van der Waals surface area contributed by atoms with E-state index in [1.807, 2.05) is 13.8 Å². The molecule has 1 aromatic heterocycles. The molecule has 0 spiro atoms. The predicted molar refractivity (Wildman–Crippen MR) is 75.9 cm³/mol. The Kier molecular flexibility index (Phi) is 4.89. The molecule has 8 heteroatoms. The van der Waals surface area contributed by atoms with Crippen LogP contribution in [-0.4, -0.2) is 56.6 Å². The van der Waals surface area contributed by atoms with E-state index in [2.05, 4.69) is 5.16 Å². The van der Waals surface area contributed by atoms with Crippen LogP contribution in [0.15, 0.2) is 4.52 Å². The molecule has 0 radical (unpaired) electrons. The standard InChI is InChI=1S/C13H18N2O5S/c1-7-10(8(2)20-14-7)5-21-6-12(17)15-4-9(16)3-11(15)13(18)19/h9,11,16H,3-6H2,1-2H3,(H,18,19)/t9-,11-/m1/s1. The zero-order chi connectivity index (χ0) is 15.6. The monoisotopic (exact) mass is 314 g/mol. The molecule has 1 saturated heterocycles. The lowest BCUT2D eigenvalue weighted by atomic mass is 10.2. The van der Waals surface area contributed by atoms with Crippen LogP contribution in [0.2, 0.25) is 0 Å². The highest BCUT2D eigenvalue weighted by molar-refractivity contribution is 7.99. The molecule has 1 fully saturated rings. The van der Waals surface area contributed by atoms with Crippen LogP contribution in [0.4, 0.5) is 0 Å². The number of aliphatic carboxylic acids is 1. The highest BCUT2D eigenvalue weighted by Crippen LogP contribution is 2.22. The Bertz CT molecular complexity index is 525. The van der Waals surface area contributed by atoms with Crippen LogP contribution in [0.5, 0.6) is 0 Å². The van der Waals surface area contributed by atoms with Gasteiger partial charge in [-0.25, -0.2) is 4.79 Å². The molecule has 2 atom stereocenters. The molecule has 1 amide bonds. The van der Waals surface area contributed by atoms with Gasteiger partial charge in [0.1, 0.15) is 11.8 Å². The summed E-state index contributed by atoms with van der Waals surface area (Å²) in [5.41, 5.74) is 1.76. The second-order valence-corrected chi connectivity index (χ2v) is 6.07.